The van der Waals surface area contributed by atoms with Crippen LogP contribution in [0, 0.1) is 0 Å². The average molecular weight is 282 g/mol. The lowest BCUT2D eigenvalue weighted by atomic mass is 10.2. The molecule has 0 aliphatic rings. The van der Waals surface area contributed by atoms with Crippen LogP contribution in [0.4, 0.5) is 0 Å². The molecular formula is C11H11Cl3O2. The zero-order valence-electron chi connectivity index (χ0n) is 8.84. The number of alkyl halides is 3. The molecule has 1 aromatic carbocycles. The van der Waals surface area contributed by atoms with Gasteiger partial charge in [0.15, 0.2) is 11.5 Å². The average Bonchev–Trinajstić information content (AvgIpc) is 2.18. The van der Waals surface area contributed by atoms with Crippen molar-refractivity contribution >= 4 is 40.9 Å². The fourth-order valence-electron chi connectivity index (χ4n) is 1.19. The quantitative estimate of drug-likeness (QED) is 0.763. The van der Waals surface area contributed by atoms with E-state index in [9.17, 15) is 0 Å². The van der Waals surface area contributed by atoms with Crippen molar-refractivity contribution in [2.45, 2.75) is 10.9 Å². The largest absolute Gasteiger partial charge is 0.493 e. The fourth-order valence-corrected chi connectivity index (χ4v) is 1.44. The van der Waals surface area contributed by atoms with Gasteiger partial charge in [-0.3, -0.25) is 0 Å². The highest BCUT2D eigenvalue weighted by Gasteiger charge is 2.23. The second-order valence-corrected chi connectivity index (χ2v) is 5.14. The zero-order valence-corrected chi connectivity index (χ0v) is 11.1. The molecule has 0 bridgehead atoms. The Morgan fingerprint density at radius 3 is 2.38 bits per heavy atom. The predicted molar refractivity (Wildman–Crippen MR) is 68.6 cm³/mol. The summed E-state index contributed by atoms with van der Waals surface area (Å²) in [4.78, 5) is 0. The Bertz CT molecular complexity index is 383. The molecule has 0 saturated carbocycles. The van der Waals surface area contributed by atoms with Gasteiger partial charge in [-0.15, -0.1) is 0 Å². The topological polar surface area (TPSA) is 18.5 Å². The molecule has 0 atom stereocenters. The normalized spacial score (nSPS) is 11.8. The van der Waals surface area contributed by atoms with E-state index in [0.717, 1.165) is 5.56 Å². The molecule has 0 amide bonds. The van der Waals surface area contributed by atoms with Crippen molar-refractivity contribution in [1.29, 1.82) is 0 Å². The molecule has 0 aliphatic heterocycles. The molecule has 5 heteroatoms. The van der Waals surface area contributed by atoms with E-state index in [1.165, 1.54) is 7.11 Å². The number of hydrogen-bond donors (Lipinski definition) is 0. The third kappa shape index (κ3) is 4.12. The molecule has 0 saturated heterocycles. The van der Waals surface area contributed by atoms with Crippen molar-refractivity contribution in [3.63, 3.8) is 0 Å². The minimum Gasteiger partial charge on any atom is -0.493 e. The van der Waals surface area contributed by atoms with E-state index in [0.29, 0.717) is 11.5 Å². The predicted octanol–water partition coefficient (Wildman–Crippen LogP) is 4.43. The Morgan fingerprint density at radius 2 is 1.88 bits per heavy atom. The van der Waals surface area contributed by atoms with Crippen LogP contribution < -0.4 is 9.47 Å². The van der Waals surface area contributed by atoms with Gasteiger partial charge in [0, 0.05) is 0 Å². The molecule has 0 heterocycles. The molecule has 0 aliphatic carbocycles. The Kier molecular flexibility index (Phi) is 4.78. The minimum atomic E-state index is -1.80. The first-order valence-electron chi connectivity index (χ1n) is 4.52. The number of methoxy groups -OCH3 is 1. The molecule has 88 valence electrons. The van der Waals surface area contributed by atoms with Gasteiger partial charge in [0.05, 0.1) is 7.11 Å². The van der Waals surface area contributed by atoms with E-state index >= 15 is 0 Å². The lowest BCUT2D eigenvalue weighted by Crippen LogP contribution is -2.13. The van der Waals surface area contributed by atoms with Gasteiger partial charge < -0.3 is 9.47 Å². The Balaban J connectivity index is 3.02. The molecule has 0 radical (unpaired) electrons. The monoisotopic (exact) mass is 280 g/mol. The van der Waals surface area contributed by atoms with Crippen LogP contribution in [0.1, 0.15) is 12.5 Å². The zero-order chi connectivity index (χ0) is 12.2. The Morgan fingerprint density at radius 1 is 1.19 bits per heavy atom. The van der Waals surface area contributed by atoms with Crippen molar-refractivity contribution in [2.75, 3.05) is 7.11 Å². The van der Waals surface area contributed by atoms with E-state index in [1.54, 1.807) is 12.1 Å². The number of rotatable bonds is 3. The third-order valence-corrected chi connectivity index (χ3v) is 2.00. The maximum absolute atomic E-state index is 5.54. The summed E-state index contributed by atoms with van der Waals surface area (Å²) < 4.78 is 8.45. The summed E-state index contributed by atoms with van der Waals surface area (Å²) in [6, 6.07) is 5.33. The highest BCUT2D eigenvalue weighted by molar-refractivity contribution is 6.66. The number of halogens is 3. The van der Waals surface area contributed by atoms with Crippen LogP contribution in [0.15, 0.2) is 24.3 Å². The third-order valence-electron chi connectivity index (χ3n) is 1.77. The summed E-state index contributed by atoms with van der Waals surface area (Å²) in [6.45, 7) is 1.93. The molecule has 0 fully saturated rings. The van der Waals surface area contributed by atoms with Gasteiger partial charge in [-0.05, 0) is 59.4 Å². The molecule has 0 aromatic heterocycles. The first-order chi connectivity index (χ1) is 7.46. The van der Waals surface area contributed by atoms with Gasteiger partial charge in [-0.1, -0.05) is 18.2 Å². The van der Waals surface area contributed by atoms with Gasteiger partial charge in [-0.2, -0.15) is 0 Å². The first-order valence-corrected chi connectivity index (χ1v) is 5.66. The fraction of sp³-hybridized carbons (Fsp3) is 0.273. The van der Waals surface area contributed by atoms with Gasteiger partial charge in [0.2, 0.25) is 0 Å². The molecular weight excluding hydrogens is 270 g/mol. The first kappa shape index (κ1) is 13.5. The van der Waals surface area contributed by atoms with E-state index < -0.39 is 3.98 Å². The molecule has 16 heavy (non-hydrogen) atoms. The second-order valence-electron chi connectivity index (χ2n) is 2.96. The van der Waals surface area contributed by atoms with Crippen LogP contribution in [0.2, 0.25) is 0 Å². The highest BCUT2D eigenvalue weighted by Crippen LogP contribution is 2.36. The van der Waals surface area contributed by atoms with Crippen molar-refractivity contribution in [1.82, 2.24) is 0 Å². The van der Waals surface area contributed by atoms with E-state index in [2.05, 4.69) is 0 Å². The minimum absolute atomic E-state index is 0.385. The van der Waals surface area contributed by atoms with Gasteiger partial charge >= 0.3 is 3.98 Å². The van der Waals surface area contributed by atoms with Gasteiger partial charge in [-0.25, -0.2) is 0 Å². The van der Waals surface area contributed by atoms with Crippen LogP contribution in [-0.4, -0.2) is 11.1 Å². The smallest absolute Gasteiger partial charge is 0.338 e. The lowest BCUT2D eigenvalue weighted by Gasteiger charge is -2.16. The summed E-state index contributed by atoms with van der Waals surface area (Å²) in [6.07, 6.45) is 3.85. The van der Waals surface area contributed by atoms with Crippen LogP contribution >= 0.6 is 34.8 Å². The molecule has 0 unspecified atom stereocenters. The van der Waals surface area contributed by atoms with Crippen molar-refractivity contribution in [3.05, 3.63) is 29.8 Å². The molecule has 0 N–H and O–H groups in total. The summed E-state index contributed by atoms with van der Waals surface area (Å²) in [5, 5.41) is 0. The van der Waals surface area contributed by atoms with E-state index in [-0.39, 0.29) is 0 Å². The second kappa shape index (κ2) is 5.67. The summed E-state index contributed by atoms with van der Waals surface area (Å²) in [5.74, 6) is 0.901. The molecule has 1 rings (SSSR count). The lowest BCUT2D eigenvalue weighted by molar-refractivity contribution is 0.295. The summed E-state index contributed by atoms with van der Waals surface area (Å²) in [7, 11) is 1.53. The van der Waals surface area contributed by atoms with Gasteiger partial charge in [0.25, 0.3) is 0 Å². The molecule has 2 nitrogen and oxygen atoms in total. The van der Waals surface area contributed by atoms with Crippen molar-refractivity contribution in [2.24, 2.45) is 0 Å². The van der Waals surface area contributed by atoms with Crippen LogP contribution in [0.5, 0.6) is 11.5 Å². The van der Waals surface area contributed by atoms with E-state index in [4.69, 9.17) is 44.3 Å². The standard InChI is InChI=1S/C11H11Cl3O2/c1-3-4-8-5-6-9(10(7-8)15-2)16-11(12,13)14/h3-7H,1-2H3. The number of allylic oxidation sites excluding steroid dienone is 1. The summed E-state index contributed by atoms with van der Waals surface area (Å²) in [5.41, 5.74) is 0.982. The maximum atomic E-state index is 5.54. The number of hydrogen-bond acceptors (Lipinski definition) is 2. The SMILES string of the molecule is CC=Cc1ccc(OC(Cl)(Cl)Cl)c(OC)c1. The highest BCUT2D eigenvalue weighted by atomic mass is 35.6. The van der Waals surface area contributed by atoms with E-state index in [1.807, 2.05) is 25.1 Å². The Hall–Kier alpha value is -0.570. The molecule has 0 spiro atoms. The van der Waals surface area contributed by atoms with Crippen LogP contribution in [0.3, 0.4) is 0 Å². The summed E-state index contributed by atoms with van der Waals surface area (Å²) >= 11 is 16.6. The van der Waals surface area contributed by atoms with Gasteiger partial charge in [0.1, 0.15) is 0 Å². The Labute approximate surface area is 110 Å². The van der Waals surface area contributed by atoms with Crippen LogP contribution in [-0.2, 0) is 0 Å². The van der Waals surface area contributed by atoms with Crippen molar-refractivity contribution in [3.8, 4) is 11.5 Å². The number of benzene rings is 1. The molecule has 1 aromatic rings. The van der Waals surface area contributed by atoms with Crippen LogP contribution in [0.25, 0.3) is 6.08 Å². The maximum Gasteiger partial charge on any atom is 0.338 e. The van der Waals surface area contributed by atoms with Crippen molar-refractivity contribution < 1.29 is 9.47 Å². The number of ether oxygens (including phenoxy) is 2.